The van der Waals surface area contributed by atoms with Crippen molar-refractivity contribution in [3.8, 4) is 0 Å². The van der Waals surface area contributed by atoms with Gasteiger partial charge in [0.25, 0.3) is 0 Å². The molecule has 0 saturated carbocycles. The van der Waals surface area contributed by atoms with Gasteiger partial charge in [0.2, 0.25) is 0 Å². The first-order chi connectivity index (χ1) is 8.55. The molecule has 1 N–H and O–H groups in total. The Kier molecular flexibility index (Phi) is 6.15. The molecule has 18 heavy (non-hydrogen) atoms. The van der Waals surface area contributed by atoms with Crippen LogP contribution >= 0.6 is 0 Å². The van der Waals surface area contributed by atoms with Crippen molar-refractivity contribution in [1.29, 1.82) is 0 Å². The number of alkyl halides is 3. The van der Waals surface area contributed by atoms with Gasteiger partial charge in [0, 0.05) is 20.3 Å². The SMILES string of the molecule is COCCCCNCc1ccccc1C(F)(F)F. The third-order valence-corrected chi connectivity index (χ3v) is 2.59. The van der Waals surface area contributed by atoms with Crippen molar-refractivity contribution in [2.75, 3.05) is 20.3 Å². The molecule has 0 aliphatic rings. The summed E-state index contributed by atoms with van der Waals surface area (Å²) in [5.74, 6) is 0. The second kappa shape index (κ2) is 7.38. The first-order valence-corrected chi connectivity index (χ1v) is 5.90. The monoisotopic (exact) mass is 261 g/mol. The lowest BCUT2D eigenvalue weighted by atomic mass is 10.1. The summed E-state index contributed by atoms with van der Waals surface area (Å²) in [7, 11) is 1.63. The van der Waals surface area contributed by atoms with Crippen molar-refractivity contribution >= 4 is 0 Å². The molecule has 0 atom stereocenters. The third-order valence-electron chi connectivity index (χ3n) is 2.59. The Labute approximate surface area is 105 Å². The van der Waals surface area contributed by atoms with Gasteiger partial charge in [-0.2, -0.15) is 13.2 Å². The number of hydrogen-bond acceptors (Lipinski definition) is 2. The van der Waals surface area contributed by atoms with Gasteiger partial charge >= 0.3 is 6.18 Å². The molecule has 0 spiro atoms. The minimum Gasteiger partial charge on any atom is -0.385 e. The first kappa shape index (κ1) is 15.0. The predicted molar refractivity (Wildman–Crippen MR) is 64.3 cm³/mol. The van der Waals surface area contributed by atoms with Gasteiger partial charge in [0.05, 0.1) is 5.56 Å². The molecule has 1 rings (SSSR count). The zero-order chi connectivity index (χ0) is 13.4. The van der Waals surface area contributed by atoms with Crippen molar-refractivity contribution in [2.24, 2.45) is 0 Å². The molecule has 0 amide bonds. The van der Waals surface area contributed by atoms with Crippen LogP contribution in [0.15, 0.2) is 24.3 Å². The van der Waals surface area contributed by atoms with E-state index in [0.29, 0.717) is 13.2 Å². The Morgan fingerprint density at radius 3 is 2.56 bits per heavy atom. The normalized spacial score (nSPS) is 11.8. The van der Waals surface area contributed by atoms with Crippen LogP contribution in [0.4, 0.5) is 13.2 Å². The minimum absolute atomic E-state index is 0.239. The molecule has 5 heteroatoms. The highest BCUT2D eigenvalue weighted by Gasteiger charge is 2.32. The van der Waals surface area contributed by atoms with Crippen LogP contribution in [0.25, 0.3) is 0 Å². The summed E-state index contributed by atoms with van der Waals surface area (Å²) >= 11 is 0. The first-order valence-electron chi connectivity index (χ1n) is 5.90. The van der Waals surface area contributed by atoms with E-state index in [9.17, 15) is 13.2 Å². The molecule has 0 aliphatic heterocycles. The molecule has 102 valence electrons. The Hall–Kier alpha value is -1.07. The topological polar surface area (TPSA) is 21.3 Å². The second-order valence-electron chi connectivity index (χ2n) is 4.03. The van der Waals surface area contributed by atoms with Crippen LogP contribution in [0.3, 0.4) is 0 Å². The Balaban J connectivity index is 2.43. The molecular formula is C13H18F3NO. The molecule has 0 saturated heterocycles. The van der Waals surface area contributed by atoms with Crippen molar-refractivity contribution in [3.63, 3.8) is 0 Å². The van der Waals surface area contributed by atoms with E-state index in [1.165, 1.54) is 12.1 Å². The summed E-state index contributed by atoms with van der Waals surface area (Å²) in [5, 5.41) is 3.02. The van der Waals surface area contributed by atoms with Gasteiger partial charge in [0.1, 0.15) is 0 Å². The molecule has 0 bridgehead atoms. The standard InChI is InChI=1S/C13H18F3NO/c1-18-9-5-4-8-17-10-11-6-2-3-7-12(11)13(14,15)16/h2-3,6-7,17H,4-5,8-10H2,1H3. The Morgan fingerprint density at radius 1 is 1.17 bits per heavy atom. The quantitative estimate of drug-likeness (QED) is 0.761. The third kappa shape index (κ3) is 5.06. The predicted octanol–water partition coefficient (Wildman–Crippen LogP) is 3.22. The van der Waals surface area contributed by atoms with E-state index >= 15 is 0 Å². The van der Waals surface area contributed by atoms with E-state index in [1.54, 1.807) is 13.2 Å². The fourth-order valence-corrected chi connectivity index (χ4v) is 1.67. The number of rotatable bonds is 7. The van der Waals surface area contributed by atoms with Gasteiger partial charge < -0.3 is 10.1 Å². The highest BCUT2D eigenvalue weighted by molar-refractivity contribution is 5.29. The van der Waals surface area contributed by atoms with Crippen molar-refractivity contribution in [3.05, 3.63) is 35.4 Å². The molecule has 0 aliphatic carbocycles. The molecular weight excluding hydrogens is 243 g/mol. The van der Waals surface area contributed by atoms with Crippen LogP contribution in [-0.4, -0.2) is 20.3 Å². The number of unbranched alkanes of at least 4 members (excludes halogenated alkanes) is 1. The van der Waals surface area contributed by atoms with E-state index < -0.39 is 11.7 Å². The molecule has 1 aromatic carbocycles. The van der Waals surface area contributed by atoms with Crippen LogP contribution in [0.2, 0.25) is 0 Å². The Morgan fingerprint density at radius 2 is 1.89 bits per heavy atom. The zero-order valence-corrected chi connectivity index (χ0v) is 10.4. The van der Waals surface area contributed by atoms with Crippen LogP contribution in [0, 0.1) is 0 Å². The maximum absolute atomic E-state index is 12.7. The van der Waals surface area contributed by atoms with Gasteiger partial charge in [-0.3, -0.25) is 0 Å². The largest absolute Gasteiger partial charge is 0.416 e. The summed E-state index contributed by atoms with van der Waals surface area (Å²) in [6.45, 7) is 1.61. The smallest absolute Gasteiger partial charge is 0.385 e. The molecule has 0 radical (unpaired) electrons. The van der Waals surface area contributed by atoms with Crippen LogP contribution in [0.1, 0.15) is 24.0 Å². The van der Waals surface area contributed by atoms with Crippen LogP contribution in [-0.2, 0) is 17.5 Å². The summed E-state index contributed by atoms with van der Waals surface area (Å²) in [4.78, 5) is 0. The van der Waals surface area contributed by atoms with E-state index in [-0.39, 0.29) is 12.1 Å². The highest BCUT2D eigenvalue weighted by atomic mass is 19.4. The molecule has 0 aromatic heterocycles. The summed E-state index contributed by atoms with van der Waals surface area (Å²) in [6.07, 6.45) is -2.49. The molecule has 0 fully saturated rings. The lowest BCUT2D eigenvalue weighted by Crippen LogP contribution is -2.18. The van der Waals surface area contributed by atoms with Crippen LogP contribution < -0.4 is 5.32 Å². The van der Waals surface area contributed by atoms with Gasteiger partial charge in [-0.25, -0.2) is 0 Å². The lowest BCUT2D eigenvalue weighted by molar-refractivity contribution is -0.138. The number of methoxy groups -OCH3 is 1. The van der Waals surface area contributed by atoms with Crippen molar-refractivity contribution < 1.29 is 17.9 Å². The van der Waals surface area contributed by atoms with Crippen LogP contribution in [0.5, 0.6) is 0 Å². The molecule has 0 heterocycles. The average Bonchev–Trinajstić information content (AvgIpc) is 2.33. The maximum atomic E-state index is 12.7. The van der Waals surface area contributed by atoms with E-state index in [2.05, 4.69) is 5.32 Å². The van der Waals surface area contributed by atoms with E-state index in [4.69, 9.17) is 4.74 Å². The zero-order valence-electron chi connectivity index (χ0n) is 10.4. The van der Waals surface area contributed by atoms with Gasteiger partial charge in [-0.15, -0.1) is 0 Å². The lowest BCUT2D eigenvalue weighted by Gasteiger charge is -2.13. The number of hydrogen-bond donors (Lipinski definition) is 1. The maximum Gasteiger partial charge on any atom is 0.416 e. The number of nitrogens with one attached hydrogen (secondary N) is 1. The fraction of sp³-hybridized carbons (Fsp3) is 0.538. The number of ether oxygens (including phenoxy) is 1. The second-order valence-corrected chi connectivity index (χ2v) is 4.03. The van der Waals surface area contributed by atoms with Crippen molar-refractivity contribution in [2.45, 2.75) is 25.6 Å². The fourth-order valence-electron chi connectivity index (χ4n) is 1.67. The van der Waals surface area contributed by atoms with Crippen molar-refractivity contribution in [1.82, 2.24) is 5.32 Å². The Bertz CT molecular complexity index is 352. The van der Waals surface area contributed by atoms with Gasteiger partial charge in [-0.1, -0.05) is 18.2 Å². The van der Waals surface area contributed by atoms with Gasteiger partial charge in [-0.05, 0) is 31.0 Å². The molecule has 2 nitrogen and oxygen atoms in total. The summed E-state index contributed by atoms with van der Waals surface area (Å²) < 4.78 is 42.9. The molecule has 1 aromatic rings. The number of halogens is 3. The number of benzene rings is 1. The summed E-state index contributed by atoms with van der Waals surface area (Å²) in [6, 6.07) is 5.65. The van der Waals surface area contributed by atoms with E-state index in [1.807, 2.05) is 0 Å². The molecule has 0 unspecified atom stereocenters. The van der Waals surface area contributed by atoms with E-state index in [0.717, 1.165) is 18.9 Å². The average molecular weight is 261 g/mol. The minimum atomic E-state index is -4.28. The highest BCUT2D eigenvalue weighted by Crippen LogP contribution is 2.31. The summed E-state index contributed by atoms with van der Waals surface area (Å²) in [5.41, 5.74) is -0.272. The van der Waals surface area contributed by atoms with Gasteiger partial charge in [0.15, 0.2) is 0 Å².